The third kappa shape index (κ3) is 4.05. The Bertz CT molecular complexity index is 364. The summed E-state index contributed by atoms with van der Waals surface area (Å²) in [6.45, 7) is 10.4. The number of likely N-dealkylation sites (N-methyl/N-ethyl adjacent to an activating group) is 1. The van der Waals surface area contributed by atoms with Crippen LogP contribution in [0.4, 0.5) is 0 Å². The van der Waals surface area contributed by atoms with E-state index in [2.05, 4.69) is 48.8 Å². The van der Waals surface area contributed by atoms with Crippen LogP contribution in [0.1, 0.15) is 46.4 Å². The van der Waals surface area contributed by atoms with E-state index in [1.807, 2.05) is 13.2 Å². The van der Waals surface area contributed by atoms with Gasteiger partial charge in [-0.3, -0.25) is 0 Å². The van der Waals surface area contributed by atoms with Crippen molar-refractivity contribution in [2.24, 2.45) is 0 Å². The number of ether oxygens (including phenoxy) is 1. The fourth-order valence-corrected chi connectivity index (χ4v) is 2.56. The Labute approximate surface area is 117 Å². The first-order chi connectivity index (χ1) is 9.11. The first-order valence-corrected chi connectivity index (χ1v) is 7.42. The van der Waals surface area contributed by atoms with Crippen LogP contribution in [0.25, 0.3) is 0 Å². The van der Waals surface area contributed by atoms with E-state index in [1.165, 1.54) is 0 Å². The second-order valence-electron chi connectivity index (χ2n) is 5.18. The van der Waals surface area contributed by atoms with E-state index in [0.29, 0.717) is 0 Å². The van der Waals surface area contributed by atoms with Gasteiger partial charge in [-0.2, -0.15) is 0 Å². The molecule has 110 valence electrons. The van der Waals surface area contributed by atoms with Gasteiger partial charge in [-0.1, -0.05) is 13.8 Å². The number of hydrogen-bond acceptors (Lipinski definition) is 3. The number of imidazole rings is 1. The van der Waals surface area contributed by atoms with Crippen molar-refractivity contribution in [1.29, 1.82) is 0 Å². The molecule has 1 heterocycles. The van der Waals surface area contributed by atoms with Gasteiger partial charge in [0.15, 0.2) is 0 Å². The Kier molecular flexibility index (Phi) is 6.52. The predicted octanol–water partition coefficient (Wildman–Crippen LogP) is 2.63. The van der Waals surface area contributed by atoms with Crippen LogP contribution in [0, 0.1) is 0 Å². The van der Waals surface area contributed by atoms with Crippen molar-refractivity contribution in [1.82, 2.24) is 14.9 Å². The summed E-state index contributed by atoms with van der Waals surface area (Å²) in [6, 6.07) is 0.274. The summed E-state index contributed by atoms with van der Waals surface area (Å²) in [5.41, 5.74) is -0.146. The molecule has 0 aromatic carbocycles. The number of aryl methyl sites for hydroxylation is 1. The Balaban J connectivity index is 2.83. The molecule has 0 fully saturated rings. The summed E-state index contributed by atoms with van der Waals surface area (Å²) >= 11 is 0. The van der Waals surface area contributed by atoms with Crippen molar-refractivity contribution >= 4 is 0 Å². The normalized spacial score (nSPS) is 16.3. The third-order valence-corrected chi connectivity index (χ3v) is 3.91. The predicted molar refractivity (Wildman–Crippen MR) is 79.4 cm³/mol. The highest BCUT2D eigenvalue weighted by molar-refractivity contribution is 5.00. The van der Waals surface area contributed by atoms with E-state index in [-0.39, 0.29) is 11.6 Å². The fraction of sp³-hybridized carbons (Fsp3) is 0.800. The monoisotopic (exact) mass is 267 g/mol. The summed E-state index contributed by atoms with van der Waals surface area (Å²) in [5, 5.41) is 3.41. The molecule has 1 rings (SSSR count). The van der Waals surface area contributed by atoms with Crippen LogP contribution >= 0.6 is 0 Å². The van der Waals surface area contributed by atoms with Crippen molar-refractivity contribution in [2.45, 2.75) is 65.1 Å². The lowest BCUT2D eigenvalue weighted by atomic mass is 9.90. The van der Waals surface area contributed by atoms with Gasteiger partial charge in [0, 0.05) is 38.0 Å². The van der Waals surface area contributed by atoms with E-state index < -0.39 is 0 Å². The Morgan fingerprint density at radius 3 is 2.68 bits per heavy atom. The second kappa shape index (κ2) is 7.65. The number of hydrogen-bond donors (Lipinski definition) is 1. The van der Waals surface area contributed by atoms with Gasteiger partial charge >= 0.3 is 0 Å². The lowest BCUT2D eigenvalue weighted by Gasteiger charge is -2.36. The van der Waals surface area contributed by atoms with Crippen LogP contribution in [0.2, 0.25) is 0 Å². The molecule has 2 unspecified atom stereocenters. The minimum absolute atomic E-state index is 0.146. The average Bonchev–Trinajstić information content (AvgIpc) is 2.84. The summed E-state index contributed by atoms with van der Waals surface area (Å²) in [7, 11) is 2.00. The van der Waals surface area contributed by atoms with Crippen LogP contribution < -0.4 is 5.32 Å². The zero-order valence-electron chi connectivity index (χ0n) is 13.1. The highest BCUT2D eigenvalue weighted by atomic mass is 16.5. The molecule has 0 spiro atoms. The fourth-order valence-electron chi connectivity index (χ4n) is 2.56. The molecule has 0 radical (unpaired) electrons. The van der Waals surface area contributed by atoms with E-state index in [9.17, 15) is 0 Å². The molecule has 1 aromatic heterocycles. The molecule has 0 saturated carbocycles. The highest BCUT2D eigenvalue weighted by Gasteiger charge is 2.33. The molecule has 4 nitrogen and oxygen atoms in total. The van der Waals surface area contributed by atoms with Crippen molar-refractivity contribution < 1.29 is 4.74 Å². The molecular formula is C15H29N3O. The Morgan fingerprint density at radius 2 is 2.16 bits per heavy atom. The number of nitrogens with one attached hydrogen (secondary N) is 1. The first-order valence-electron chi connectivity index (χ1n) is 7.42. The smallest absolute Gasteiger partial charge is 0.110 e. The van der Waals surface area contributed by atoms with E-state index in [0.717, 1.165) is 38.2 Å². The molecule has 0 saturated heterocycles. The quantitative estimate of drug-likeness (QED) is 0.747. The van der Waals surface area contributed by atoms with E-state index in [1.54, 1.807) is 0 Å². The molecule has 1 aromatic rings. The SMILES string of the molecule is CCCn1ccnc1CC(NC)C(C)(CC)OCC. The van der Waals surface area contributed by atoms with Crippen LogP contribution in [0.15, 0.2) is 12.4 Å². The van der Waals surface area contributed by atoms with Gasteiger partial charge in [0.2, 0.25) is 0 Å². The minimum Gasteiger partial charge on any atom is -0.374 e. The lowest BCUT2D eigenvalue weighted by Crippen LogP contribution is -2.50. The van der Waals surface area contributed by atoms with Gasteiger partial charge in [0.05, 0.1) is 5.60 Å². The summed E-state index contributed by atoms with van der Waals surface area (Å²) in [6.07, 6.45) is 6.97. The van der Waals surface area contributed by atoms with Gasteiger partial charge in [0.25, 0.3) is 0 Å². The maximum Gasteiger partial charge on any atom is 0.110 e. The third-order valence-electron chi connectivity index (χ3n) is 3.91. The van der Waals surface area contributed by atoms with Gasteiger partial charge in [-0.05, 0) is 33.7 Å². The van der Waals surface area contributed by atoms with Gasteiger partial charge in [-0.25, -0.2) is 4.98 Å². The zero-order chi connectivity index (χ0) is 14.3. The molecule has 0 amide bonds. The standard InChI is InChI=1S/C15H29N3O/c1-6-10-18-11-9-17-14(18)12-13(16-5)15(4,7-2)19-8-3/h9,11,13,16H,6-8,10,12H2,1-5H3. The molecule has 2 atom stereocenters. The average molecular weight is 267 g/mol. The molecule has 4 heteroatoms. The van der Waals surface area contributed by atoms with Gasteiger partial charge in [0.1, 0.15) is 5.82 Å². The topological polar surface area (TPSA) is 39.1 Å². The minimum atomic E-state index is -0.146. The molecule has 0 aliphatic heterocycles. The Hall–Kier alpha value is -0.870. The lowest BCUT2D eigenvalue weighted by molar-refractivity contribution is -0.0539. The largest absolute Gasteiger partial charge is 0.374 e. The second-order valence-corrected chi connectivity index (χ2v) is 5.18. The summed E-state index contributed by atoms with van der Waals surface area (Å²) < 4.78 is 8.22. The molecule has 19 heavy (non-hydrogen) atoms. The first kappa shape index (κ1) is 16.2. The number of rotatable bonds is 9. The van der Waals surface area contributed by atoms with Crippen LogP contribution in [-0.2, 0) is 17.7 Å². The van der Waals surface area contributed by atoms with Crippen LogP contribution in [-0.4, -0.2) is 34.8 Å². The molecule has 0 bridgehead atoms. The van der Waals surface area contributed by atoms with Crippen LogP contribution in [0.5, 0.6) is 0 Å². The van der Waals surface area contributed by atoms with E-state index >= 15 is 0 Å². The van der Waals surface area contributed by atoms with Crippen molar-refractivity contribution in [3.8, 4) is 0 Å². The molecule has 0 aliphatic carbocycles. The van der Waals surface area contributed by atoms with Gasteiger partial charge < -0.3 is 14.6 Å². The van der Waals surface area contributed by atoms with Crippen molar-refractivity contribution in [3.63, 3.8) is 0 Å². The highest BCUT2D eigenvalue weighted by Crippen LogP contribution is 2.22. The Morgan fingerprint density at radius 1 is 1.42 bits per heavy atom. The van der Waals surface area contributed by atoms with Crippen LogP contribution in [0.3, 0.4) is 0 Å². The zero-order valence-corrected chi connectivity index (χ0v) is 13.1. The summed E-state index contributed by atoms with van der Waals surface area (Å²) in [5.74, 6) is 1.14. The number of aromatic nitrogens is 2. The molecule has 1 N–H and O–H groups in total. The maximum absolute atomic E-state index is 5.98. The maximum atomic E-state index is 5.98. The molecule has 0 aliphatic rings. The summed E-state index contributed by atoms with van der Waals surface area (Å²) in [4.78, 5) is 4.50. The van der Waals surface area contributed by atoms with E-state index in [4.69, 9.17) is 4.74 Å². The van der Waals surface area contributed by atoms with Crippen molar-refractivity contribution in [2.75, 3.05) is 13.7 Å². The number of nitrogens with zero attached hydrogens (tertiary/aromatic N) is 2. The van der Waals surface area contributed by atoms with Gasteiger partial charge in [-0.15, -0.1) is 0 Å². The van der Waals surface area contributed by atoms with Crippen molar-refractivity contribution in [3.05, 3.63) is 18.2 Å². The molecular weight excluding hydrogens is 238 g/mol.